The minimum atomic E-state index is -0.473. The lowest BCUT2D eigenvalue weighted by molar-refractivity contribution is 0.0523. The van der Waals surface area contributed by atoms with Gasteiger partial charge in [-0.1, -0.05) is 19.8 Å². The Kier molecular flexibility index (Phi) is 11.4. The van der Waals surface area contributed by atoms with Gasteiger partial charge in [-0.05, 0) is 47.0 Å². The molecule has 0 aromatic rings. The van der Waals surface area contributed by atoms with E-state index >= 15 is 0 Å². The molecular formula is C17H35IN4O2. The first-order valence-corrected chi connectivity index (χ1v) is 8.88. The average molecular weight is 454 g/mol. The maximum Gasteiger partial charge on any atom is 0.407 e. The first-order valence-electron chi connectivity index (χ1n) is 8.88. The molecule has 0 spiro atoms. The van der Waals surface area contributed by atoms with Gasteiger partial charge in [0.1, 0.15) is 5.60 Å². The summed E-state index contributed by atoms with van der Waals surface area (Å²) in [4.78, 5) is 16.3. The first kappa shape index (κ1) is 23.3. The monoisotopic (exact) mass is 454 g/mol. The van der Waals surface area contributed by atoms with Crippen molar-refractivity contribution in [3.05, 3.63) is 0 Å². The molecule has 0 heterocycles. The zero-order valence-corrected chi connectivity index (χ0v) is 18.1. The summed E-state index contributed by atoms with van der Waals surface area (Å²) >= 11 is 0. The van der Waals surface area contributed by atoms with Crippen molar-refractivity contribution in [1.29, 1.82) is 0 Å². The van der Waals surface area contributed by atoms with E-state index in [-0.39, 0.29) is 36.1 Å². The number of aliphatic imine (C=N–C) groups is 1. The number of guanidine groups is 1. The summed E-state index contributed by atoms with van der Waals surface area (Å²) in [6, 6.07) is 0.706. The largest absolute Gasteiger partial charge is 0.444 e. The van der Waals surface area contributed by atoms with E-state index in [0.717, 1.165) is 31.8 Å². The van der Waals surface area contributed by atoms with Crippen LogP contribution in [0.3, 0.4) is 0 Å². The normalized spacial score (nSPS) is 16.0. The van der Waals surface area contributed by atoms with Crippen LogP contribution in [0.15, 0.2) is 4.99 Å². The second-order valence-electron chi connectivity index (χ2n) is 7.11. The highest BCUT2D eigenvalue weighted by molar-refractivity contribution is 14.0. The van der Waals surface area contributed by atoms with Crippen molar-refractivity contribution in [2.24, 2.45) is 4.99 Å². The fraction of sp³-hybridized carbons (Fsp3) is 0.882. The summed E-state index contributed by atoms with van der Waals surface area (Å²) in [7, 11) is 0. The highest BCUT2D eigenvalue weighted by Crippen LogP contribution is 2.18. The van der Waals surface area contributed by atoms with Crippen LogP contribution in [-0.4, -0.2) is 42.8 Å². The Bertz CT molecular complexity index is 393. The Labute approximate surface area is 164 Å². The summed E-state index contributed by atoms with van der Waals surface area (Å²) in [6.45, 7) is 11.1. The van der Waals surface area contributed by atoms with Gasteiger partial charge in [-0.2, -0.15) is 0 Å². The minimum Gasteiger partial charge on any atom is -0.444 e. The molecule has 1 aliphatic carbocycles. The molecule has 1 unspecified atom stereocenters. The number of nitrogens with one attached hydrogen (secondary N) is 3. The lowest BCUT2D eigenvalue weighted by Crippen LogP contribution is -2.49. The highest BCUT2D eigenvalue weighted by atomic mass is 127. The van der Waals surface area contributed by atoms with Crippen LogP contribution in [0.4, 0.5) is 4.79 Å². The quantitative estimate of drug-likeness (QED) is 0.299. The predicted molar refractivity (Wildman–Crippen MR) is 110 cm³/mol. The summed E-state index contributed by atoms with van der Waals surface area (Å²) in [6.07, 6.45) is 5.27. The first-order chi connectivity index (χ1) is 10.8. The Morgan fingerprint density at radius 1 is 1.29 bits per heavy atom. The van der Waals surface area contributed by atoms with Gasteiger partial charge in [0.15, 0.2) is 5.96 Å². The number of hydrogen-bond acceptors (Lipinski definition) is 3. The fourth-order valence-corrected chi connectivity index (χ4v) is 2.10. The standard InChI is InChI=1S/C17H34N4O2.HI/c1-6-8-9-14(12-19-16(22)23-17(3,4)5)21-15(18-7-2)20-13-10-11-13;/h13-14H,6-12H2,1-5H3,(H,19,22)(H2,18,20,21);1H. The second-order valence-corrected chi connectivity index (χ2v) is 7.11. The van der Waals surface area contributed by atoms with E-state index in [1.807, 2.05) is 27.7 Å². The number of unbranched alkanes of at least 4 members (excludes halogenated alkanes) is 1. The fourth-order valence-electron chi connectivity index (χ4n) is 2.10. The molecule has 0 aromatic carbocycles. The smallest absolute Gasteiger partial charge is 0.407 e. The van der Waals surface area contributed by atoms with Crippen LogP contribution in [0.2, 0.25) is 0 Å². The van der Waals surface area contributed by atoms with Gasteiger partial charge in [0.25, 0.3) is 0 Å². The van der Waals surface area contributed by atoms with Crippen LogP contribution in [0.1, 0.15) is 66.7 Å². The number of nitrogens with zero attached hydrogens (tertiary/aromatic N) is 1. The van der Waals surface area contributed by atoms with Crippen LogP contribution in [0.5, 0.6) is 0 Å². The Balaban J connectivity index is 0.00000529. The van der Waals surface area contributed by atoms with Gasteiger partial charge >= 0.3 is 6.09 Å². The lowest BCUT2D eigenvalue weighted by Gasteiger charge is -2.24. The van der Waals surface area contributed by atoms with Crippen molar-refractivity contribution in [2.45, 2.75) is 84.4 Å². The molecule has 1 aliphatic rings. The Morgan fingerprint density at radius 3 is 2.46 bits per heavy atom. The lowest BCUT2D eigenvalue weighted by atomic mass is 10.1. The molecule has 1 amide bonds. The third-order valence-electron chi connectivity index (χ3n) is 3.37. The SMILES string of the molecule is CCCCC(CNC(=O)OC(C)(C)C)NC(=NCC)NC1CC1.I. The molecule has 1 fully saturated rings. The van der Waals surface area contributed by atoms with E-state index in [1.165, 1.54) is 12.8 Å². The van der Waals surface area contributed by atoms with Crippen LogP contribution in [-0.2, 0) is 4.74 Å². The summed E-state index contributed by atoms with van der Waals surface area (Å²) < 4.78 is 5.30. The topological polar surface area (TPSA) is 74.8 Å². The maximum atomic E-state index is 11.8. The molecule has 0 aromatic heterocycles. The number of amides is 1. The molecule has 1 atom stereocenters. The number of carbonyl (C=O) groups excluding carboxylic acids is 1. The van der Waals surface area contributed by atoms with Gasteiger partial charge in [-0.3, -0.25) is 4.99 Å². The number of ether oxygens (including phenoxy) is 1. The van der Waals surface area contributed by atoms with Crippen molar-refractivity contribution >= 4 is 36.0 Å². The van der Waals surface area contributed by atoms with Crippen molar-refractivity contribution in [3.8, 4) is 0 Å². The molecule has 6 nitrogen and oxygen atoms in total. The molecule has 0 aliphatic heterocycles. The molecular weight excluding hydrogens is 419 g/mol. The molecule has 142 valence electrons. The number of hydrogen-bond donors (Lipinski definition) is 3. The average Bonchev–Trinajstić information content (AvgIpc) is 3.24. The zero-order valence-electron chi connectivity index (χ0n) is 15.8. The van der Waals surface area contributed by atoms with E-state index in [4.69, 9.17) is 4.74 Å². The molecule has 0 bridgehead atoms. The second kappa shape index (κ2) is 11.8. The Morgan fingerprint density at radius 2 is 1.96 bits per heavy atom. The van der Waals surface area contributed by atoms with Crippen molar-refractivity contribution in [2.75, 3.05) is 13.1 Å². The zero-order chi connectivity index (χ0) is 17.3. The van der Waals surface area contributed by atoms with E-state index in [1.54, 1.807) is 0 Å². The van der Waals surface area contributed by atoms with Crippen LogP contribution in [0.25, 0.3) is 0 Å². The van der Waals surface area contributed by atoms with E-state index in [0.29, 0.717) is 12.6 Å². The van der Waals surface area contributed by atoms with Crippen molar-refractivity contribution in [3.63, 3.8) is 0 Å². The molecule has 0 radical (unpaired) electrons. The number of alkyl carbamates (subject to hydrolysis) is 1. The van der Waals surface area contributed by atoms with Crippen molar-refractivity contribution < 1.29 is 9.53 Å². The van der Waals surface area contributed by atoms with Crippen molar-refractivity contribution in [1.82, 2.24) is 16.0 Å². The van der Waals surface area contributed by atoms with Crippen LogP contribution < -0.4 is 16.0 Å². The number of rotatable bonds is 8. The maximum absolute atomic E-state index is 11.8. The van der Waals surface area contributed by atoms with Crippen LogP contribution in [0, 0.1) is 0 Å². The molecule has 1 saturated carbocycles. The minimum absolute atomic E-state index is 0. The summed E-state index contributed by atoms with van der Waals surface area (Å²) in [5, 5.41) is 9.73. The summed E-state index contributed by atoms with van der Waals surface area (Å²) in [5.74, 6) is 0.849. The molecule has 1 rings (SSSR count). The van der Waals surface area contributed by atoms with Gasteiger partial charge in [0, 0.05) is 25.2 Å². The van der Waals surface area contributed by atoms with Crippen LogP contribution >= 0.6 is 24.0 Å². The molecule has 24 heavy (non-hydrogen) atoms. The van der Waals surface area contributed by atoms with E-state index < -0.39 is 5.60 Å². The van der Waals surface area contributed by atoms with Gasteiger partial charge < -0.3 is 20.7 Å². The van der Waals surface area contributed by atoms with Gasteiger partial charge in [0.05, 0.1) is 0 Å². The molecule has 3 N–H and O–H groups in total. The predicted octanol–water partition coefficient (Wildman–Crippen LogP) is 3.41. The number of carbonyl (C=O) groups is 1. The summed E-state index contributed by atoms with van der Waals surface area (Å²) in [5.41, 5.74) is -0.473. The van der Waals surface area contributed by atoms with Gasteiger partial charge in [0.2, 0.25) is 0 Å². The molecule has 0 saturated heterocycles. The number of halogens is 1. The van der Waals surface area contributed by atoms with Gasteiger partial charge in [-0.15, -0.1) is 24.0 Å². The van der Waals surface area contributed by atoms with E-state index in [2.05, 4.69) is 27.9 Å². The Hall–Kier alpha value is -0.730. The van der Waals surface area contributed by atoms with Gasteiger partial charge in [-0.25, -0.2) is 4.79 Å². The highest BCUT2D eigenvalue weighted by Gasteiger charge is 2.23. The third-order valence-corrected chi connectivity index (χ3v) is 3.37. The third kappa shape index (κ3) is 11.8. The van der Waals surface area contributed by atoms with E-state index in [9.17, 15) is 4.79 Å². The molecule has 7 heteroatoms.